The minimum absolute atomic E-state index is 0.000153. The van der Waals surface area contributed by atoms with E-state index in [1.807, 2.05) is 22.9 Å². The van der Waals surface area contributed by atoms with E-state index in [1.165, 1.54) is 12.4 Å². The van der Waals surface area contributed by atoms with Crippen molar-refractivity contribution in [2.75, 3.05) is 45.7 Å². The number of methoxy groups -OCH3 is 1. The Labute approximate surface area is 201 Å². The van der Waals surface area contributed by atoms with Crippen LogP contribution in [0.3, 0.4) is 0 Å². The third-order valence-corrected chi connectivity index (χ3v) is 6.52. The highest BCUT2D eigenvalue weighted by Gasteiger charge is 2.50. The number of fused-ring (bicyclic) bond motifs is 1. The zero-order chi connectivity index (χ0) is 24.5. The van der Waals surface area contributed by atoms with E-state index in [2.05, 4.69) is 15.3 Å². The average Bonchev–Trinajstić information content (AvgIpc) is 2.78. The third kappa shape index (κ3) is 4.37. The molecule has 11 heteroatoms. The van der Waals surface area contributed by atoms with Crippen molar-refractivity contribution in [3.05, 3.63) is 53.1 Å². The molecule has 0 aliphatic carbocycles. The number of anilines is 2. The number of primary amides is 1. The number of likely N-dealkylation sites (N-methyl/N-ethyl adjacent to an activating group) is 1. The van der Waals surface area contributed by atoms with Crippen molar-refractivity contribution in [3.8, 4) is 5.75 Å². The van der Waals surface area contributed by atoms with Gasteiger partial charge in [0.25, 0.3) is 0 Å². The fourth-order valence-corrected chi connectivity index (χ4v) is 4.43. The van der Waals surface area contributed by atoms with E-state index >= 15 is 0 Å². The number of amides is 1. The summed E-state index contributed by atoms with van der Waals surface area (Å²) in [4.78, 5) is 24.8. The average molecular weight is 489 g/mol. The molecule has 0 unspecified atom stereocenters. The molecular formula is C23H26ClFN6O3. The number of aliphatic hydroxyl groups excluding tert-OH is 1. The van der Waals surface area contributed by atoms with Gasteiger partial charge >= 0.3 is 0 Å². The van der Waals surface area contributed by atoms with Crippen molar-refractivity contribution >= 4 is 39.9 Å². The van der Waals surface area contributed by atoms with Crippen LogP contribution in [0.15, 0.2) is 36.7 Å². The summed E-state index contributed by atoms with van der Waals surface area (Å²) in [6, 6.07) is 8.31. The number of hydrogen-bond donors (Lipinski definition) is 3. The number of carbonyl (C=O) groups excluding carboxylic acids is 1. The van der Waals surface area contributed by atoms with Crippen LogP contribution in [0.1, 0.15) is 5.56 Å². The zero-order valence-electron chi connectivity index (χ0n) is 18.9. The molecule has 1 fully saturated rings. The van der Waals surface area contributed by atoms with Gasteiger partial charge in [0.15, 0.2) is 5.82 Å². The molecule has 2 heterocycles. The van der Waals surface area contributed by atoms with Gasteiger partial charge in [-0.05, 0) is 25.2 Å². The predicted octanol–water partition coefficient (Wildman–Crippen LogP) is 2.14. The number of aromatic nitrogens is 2. The summed E-state index contributed by atoms with van der Waals surface area (Å²) in [7, 11) is 3.38. The van der Waals surface area contributed by atoms with Crippen molar-refractivity contribution in [1.29, 1.82) is 0 Å². The van der Waals surface area contributed by atoms with E-state index in [0.717, 1.165) is 5.56 Å². The topological polar surface area (TPSA) is 117 Å². The van der Waals surface area contributed by atoms with Gasteiger partial charge in [0, 0.05) is 43.2 Å². The lowest BCUT2D eigenvalue weighted by Gasteiger charge is -2.52. The summed E-state index contributed by atoms with van der Waals surface area (Å²) in [6.07, 6.45) is 1.38. The maximum absolute atomic E-state index is 14.5. The molecule has 0 bridgehead atoms. The Morgan fingerprint density at radius 2 is 2.15 bits per heavy atom. The summed E-state index contributed by atoms with van der Waals surface area (Å²) in [5.41, 5.74) is 6.48. The smallest absolute Gasteiger partial charge is 0.240 e. The molecule has 0 radical (unpaired) electrons. The van der Waals surface area contributed by atoms with Crippen molar-refractivity contribution in [1.82, 2.24) is 19.8 Å². The fourth-order valence-electron chi connectivity index (χ4n) is 4.26. The Morgan fingerprint density at radius 3 is 2.82 bits per heavy atom. The number of aliphatic hydroxyl groups is 1. The van der Waals surface area contributed by atoms with Gasteiger partial charge in [-0.3, -0.25) is 14.6 Å². The first-order chi connectivity index (χ1) is 16.3. The number of rotatable bonds is 9. The molecule has 1 amide bonds. The van der Waals surface area contributed by atoms with E-state index in [0.29, 0.717) is 48.6 Å². The highest BCUT2D eigenvalue weighted by molar-refractivity contribution is 6.31. The van der Waals surface area contributed by atoms with Crippen LogP contribution in [0.2, 0.25) is 5.02 Å². The van der Waals surface area contributed by atoms with Crippen LogP contribution >= 0.6 is 11.6 Å². The van der Waals surface area contributed by atoms with Crippen LogP contribution in [-0.4, -0.2) is 76.7 Å². The lowest BCUT2D eigenvalue weighted by atomic mass is 9.86. The van der Waals surface area contributed by atoms with E-state index in [9.17, 15) is 14.3 Å². The summed E-state index contributed by atoms with van der Waals surface area (Å²) in [6.45, 7) is 1.71. The van der Waals surface area contributed by atoms with Crippen LogP contribution in [0.5, 0.6) is 5.75 Å². The maximum Gasteiger partial charge on any atom is 0.240 e. The first kappa shape index (κ1) is 24.1. The van der Waals surface area contributed by atoms with E-state index in [4.69, 9.17) is 22.1 Å². The number of halogens is 2. The van der Waals surface area contributed by atoms with Crippen molar-refractivity contribution in [3.63, 3.8) is 0 Å². The van der Waals surface area contributed by atoms with Crippen LogP contribution in [0.25, 0.3) is 10.9 Å². The van der Waals surface area contributed by atoms with Gasteiger partial charge in [0.1, 0.15) is 23.4 Å². The maximum atomic E-state index is 14.5. The molecule has 1 aliphatic rings. The third-order valence-electron chi connectivity index (χ3n) is 6.23. The quantitative estimate of drug-likeness (QED) is 0.419. The summed E-state index contributed by atoms with van der Waals surface area (Å²) in [5, 5.41) is 12.8. The Bertz CT molecular complexity index is 1220. The number of ether oxygens (including phenoxy) is 1. The van der Waals surface area contributed by atoms with Gasteiger partial charge in [-0.2, -0.15) is 0 Å². The number of nitrogens with two attached hydrogens (primary N) is 1. The molecule has 0 atom stereocenters. The molecule has 0 saturated carbocycles. The van der Waals surface area contributed by atoms with E-state index in [1.54, 1.807) is 25.3 Å². The van der Waals surface area contributed by atoms with Gasteiger partial charge in [-0.1, -0.05) is 17.7 Å². The van der Waals surface area contributed by atoms with Crippen molar-refractivity contribution in [2.24, 2.45) is 5.73 Å². The normalized spacial score (nSPS) is 15.4. The molecular weight excluding hydrogens is 463 g/mol. The van der Waals surface area contributed by atoms with Crippen molar-refractivity contribution in [2.45, 2.75) is 12.1 Å². The molecule has 1 saturated heterocycles. The van der Waals surface area contributed by atoms with Crippen LogP contribution in [0, 0.1) is 5.82 Å². The van der Waals surface area contributed by atoms with E-state index < -0.39 is 17.3 Å². The minimum atomic E-state index is -0.854. The number of benzene rings is 2. The number of nitrogens with one attached hydrogen (secondary N) is 1. The second kappa shape index (κ2) is 9.67. The lowest BCUT2D eigenvalue weighted by molar-refractivity contribution is -0.143. The van der Waals surface area contributed by atoms with E-state index in [-0.39, 0.29) is 17.3 Å². The first-order valence-electron chi connectivity index (χ1n) is 10.7. The second-order valence-electron chi connectivity index (χ2n) is 8.32. The molecule has 4 N–H and O–H groups in total. The van der Waals surface area contributed by atoms with Crippen LogP contribution < -0.4 is 15.8 Å². The molecule has 9 nitrogen and oxygen atoms in total. The molecule has 1 aromatic heterocycles. The highest BCUT2D eigenvalue weighted by atomic mass is 35.5. The molecule has 0 spiro atoms. The Balaban J connectivity index is 1.68. The highest BCUT2D eigenvalue weighted by Crippen LogP contribution is 2.34. The Morgan fingerprint density at radius 1 is 1.38 bits per heavy atom. The minimum Gasteiger partial charge on any atom is -0.496 e. The Hall–Kier alpha value is -3.05. The lowest BCUT2D eigenvalue weighted by Crippen LogP contribution is -2.74. The van der Waals surface area contributed by atoms with Crippen LogP contribution in [0.4, 0.5) is 15.9 Å². The fraction of sp³-hybridized carbons (Fsp3) is 0.348. The number of hydrogen-bond acceptors (Lipinski definition) is 8. The molecule has 4 rings (SSSR count). The largest absolute Gasteiger partial charge is 0.496 e. The number of nitrogens with zero attached hydrogens (tertiary/aromatic N) is 4. The summed E-state index contributed by atoms with van der Waals surface area (Å²) in [5.74, 6) is -0.0134. The van der Waals surface area contributed by atoms with Crippen molar-refractivity contribution < 1.29 is 19.0 Å². The summed E-state index contributed by atoms with van der Waals surface area (Å²) >= 11 is 5.91. The molecule has 1 aliphatic heterocycles. The zero-order valence-corrected chi connectivity index (χ0v) is 19.6. The SMILES string of the molecule is COc1cc2ncnc(Nc3cccc(Cl)c3F)c2cc1CN(C)C1(C(N)=O)CN(CCO)C1. The first-order valence-corrected chi connectivity index (χ1v) is 11.0. The van der Waals surface area contributed by atoms with Crippen LogP contribution in [-0.2, 0) is 11.3 Å². The molecule has 180 valence electrons. The van der Waals surface area contributed by atoms with Gasteiger partial charge in [-0.15, -0.1) is 0 Å². The molecule has 3 aromatic rings. The second-order valence-corrected chi connectivity index (χ2v) is 8.72. The van der Waals surface area contributed by atoms with Gasteiger partial charge in [0.2, 0.25) is 5.91 Å². The number of likely N-dealkylation sites (tertiary alicyclic amines) is 1. The molecule has 2 aromatic carbocycles. The predicted molar refractivity (Wildman–Crippen MR) is 128 cm³/mol. The summed E-state index contributed by atoms with van der Waals surface area (Å²) < 4.78 is 20.1. The standard InChI is InChI=1S/C23H26ClFN6O3/c1-30(23(22(26)33)11-31(12-23)6-7-32)10-14-8-15-18(9-19(14)34-2)27-13-28-21(15)29-17-5-3-4-16(24)20(17)25/h3-5,8-9,13,32H,6-7,10-12H2,1-2H3,(H2,26,33)(H,27,28,29). The number of β-amino-alcohol motifs (C(OH)–C–C–N with tert-alkyl or cyclic N) is 1. The Kier molecular flexibility index (Phi) is 6.85. The van der Waals surface area contributed by atoms with Gasteiger partial charge in [0.05, 0.1) is 29.9 Å². The monoisotopic (exact) mass is 488 g/mol. The number of carbonyl (C=O) groups is 1. The molecule has 34 heavy (non-hydrogen) atoms. The van der Waals surface area contributed by atoms with Gasteiger partial charge < -0.3 is 20.9 Å². The van der Waals surface area contributed by atoms with Gasteiger partial charge in [-0.25, -0.2) is 14.4 Å².